The number of hydrogen-bond acceptors (Lipinski definition) is 7. The van der Waals surface area contributed by atoms with E-state index in [0.717, 1.165) is 18.4 Å². The molecule has 45 heavy (non-hydrogen) atoms. The van der Waals surface area contributed by atoms with Gasteiger partial charge in [0.2, 0.25) is 11.8 Å². The largest absolute Gasteiger partial charge is 0.488 e. The Balaban J connectivity index is 1.29. The summed E-state index contributed by atoms with van der Waals surface area (Å²) in [5, 5.41) is 15.7. The fourth-order valence-electron chi connectivity index (χ4n) is 5.57. The van der Waals surface area contributed by atoms with Crippen molar-refractivity contribution in [3.05, 3.63) is 83.4 Å². The first-order valence-electron chi connectivity index (χ1n) is 15.6. The summed E-state index contributed by atoms with van der Waals surface area (Å²) in [4.78, 5) is 42.5. The molecule has 1 heterocycles. The van der Waals surface area contributed by atoms with Crippen LogP contribution in [0.15, 0.2) is 66.7 Å². The van der Waals surface area contributed by atoms with Gasteiger partial charge >= 0.3 is 0 Å². The Kier molecular flexibility index (Phi) is 10.0. The first-order chi connectivity index (χ1) is 21.6. The van der Waals surface area contributed by atoms with Crippen LogP contribution in [0.4, 0.5) is 17.1 Å². The van der Waals surface area contributed by atoms with Crippen LogP contribution in [0.25, 0.3) is 0 Å². The van der Waals surface area contributed by atoms with Crippen LogP contribution in [0.2, 0.25) is 0 Å². The van der Waals surface area contributed by atoms with Gasteiger partial charge in [0.1, 0.15) is 11.9 Å². The zero-order valence-corrected chi connectivity index (χ0v) is 26.2. The van der Waals surface area contributed by atoms with E-state index < -0.39 is 0 Å². The fourth-order valence-corrected chi connectivity index (χ4v) is 5.57. The molecule has 1 aliphatic carbocycles. The standard InChI is InChI=1S/C35H43N5O5/c1-22-18-40(23(2)21-41)33(42)17-27-16-28(37-34(43)26-12-13-26)14-15-31(27)45-32(22)20-39(3)19-24-8-10-25(11-9-24)35(44)38-30-7-5-4-6-29(30)36/h4-11,14-16,22-23,26,32,41H,12-13,17-21,36H2,1-3H3,(H,37,43)(H,38,44)/t22-,23+,32+/m0/s1. The normalized spacial score (nSPS) is 19.0. The molecular formula is C35H43N5O5. The van der Waals surface area contributed by atoms with Crippen molar-refractivity contribution in [2.24, 2.45) is 11.8 Å². The third-order valence-corrected chi connectivity index (χ3v) is 8.50. The summed E-state index contributed by atoms with van der Waals surface area (Å²) in [6.45, 7) is 5.40. The minimum atomic E-state index is -0.341. The highest BCUT2D eigenvalue weighted by molar-refractivity contribution is 6.05. The molecule has 3 aromatic carbocycles. The van der Waals surface area contributed by atoms with Gasteiger partial charge in [-0.3, -0.25) is 19.3 Å². The molecule has 0 unspecified atom stereocenters. The summed E-state index contributed by atoms with van der Waals surface area (Å²) >= 11 is 0. The number of likely N-dealkylation sites (N-methyl/N-ethyl adjacent to an activating group) is 1. The molecule has 1 fully saturated rings. The molecule has 1 saturated carbocycles. The van der Waals surface area contributed by atoms with E-state index in [2.05, 4.69) is 22.5 Å². The maximum Gasteiger partial charge on any atom is 0.255 e. The minimum Gasteiger partial charge on any atom is -0.488 e. The molecule has 5 N–H and O–H groups in total. The molecule has 10 nitrogen and oxygen atoms in total. The second-order valence-corrected chi connectivity index (χ2v) is 12.4. The molecule has 0 spiro atoms. The van der Waals surface area contributed by atoms with E-state index in [4.69, 9.17) is 10.5 Å². The number of aliphatic hydroxyl groups excluding tert-OH is 1. The number of carbonyl (C=O) groups excluding carboxylic acids is 3. The average Bonchev–Trinajstić information content (AvgIpc) is 3.87. The Morgan fingerprint density at radius 2 is 1.82 bits per heavy atom. The lowest BCUT2D eigenvalue weighted by atomic mass is 10.0. The molecule has 2 aliphatic rings. The molecule has 10 heteroatoms. The van der Waals surface area contributed by atoms with Crippen LogP contribution < -0.4 is 21.1 Å². The lowest BCUT2D eigenvalue weighted by molar-refractivity contribution is -0.134. The van der Waals surface area contributed by atoms with Gasteiger partial charge in [-0.15, -0.1) is 0 Å². The number of nitrogens with one attached hydrogen (secondary N) is 2. The summed E-state index contributed by atoms with van der Waals surface area (Å²) in [5.41, 5.74) is 9.96. The van der Waals surface area contributed by atoms with Gasteiger partial charge in [-0.25, -0.2) is 0 Å². The van der Waals surface area contributed by atoms with Crippen molar-refractivity contribution in [2.45, 2.75) is 51.8 Å². The summed E-state index contributed by atoms with van der Waals surface area (Å²) in [5.74, 6) is 0.325. The van der Waals surface area contributed by atoms with Gasteiger partial charge in [-0.2, -0.15) is 0 Å². The van der Waals surface area contributed by atoms with Crippen molar-refractivity contribution < 1.29 is 24.2 Å². The number of aliphatic hydroxyl groups is 1. The monoisotopic (exact) mass is 613 g/mol. The quantitative estimate of drug-likeness (QED) is 0.252. The molecular weight excluding hydrogens is 570 g/mol. The summed E-state index contributed by atoms with van der Waals surface area (Å²) < 4.78 is 6.63. The highest BCUT2D eigenvalue weighted by Crippen LogP contribution is 2.32. The number of nitrogen functional groups attached to an aromatic ring is 1. The van der Waals surface area contributed by atoms with Gasteiger partial charge in [-0.05, 0) is 74.8 Å². The number of rotatable bonds is 10. The van der Waals surface area contributed by atoms with Gasteiger partial charge in [-0.1, -0.05) is 31.2 Å². The van der Waals surface area contributed by atoms with Crippen LogP contribution in [0.3, 0.4) is 0 Å². The van der Waals surface area contributed by atoms with Crippen LogP contribution >= 0.6 is 0 Å². The Hall–Kier alpha value is -4.41. The summed E-state index contributed by atoms with van der Waals surface area (Å²) in [6.07, 6.45) is 1.66. The van der Waals surface area contributed by atoms with Crippen LogP contribution in [-0.2, 0) is 22.6 Å². The van der Waals surface area contributed by atoms with E-state index in [0.29, 0.717) is 53.6 Å². The number of nitrogens with zero attached hydrogens (tertiary/aromatic N) is 2. The number of nitrogens with two attached hydrogens (primary N) is 1. The predicted octanol–water partition coefficient (Wildman–Crippen LogP) is 4.15. The number of fused-ring (bicyclic) bond motifs is 1. The first kappa shape index (κ1) is 32.0. The van der Waals surface area contributed by atoms with Gasteiger partial charge < -0.3 is 31.1 Å². The summed E-state index contributed by atoms with van der Waals surface area (Å²) in [7, 11) is 2.01. The van der Waals surface area contributed by atoms with Gasteiger partial charge in [0.15, 0.2) is 0 Å². The zero-order valence-electron chi connectivity index (χ0n) is 26.2. The Bertz CT molecular complexity index is 1520. The van der Waals surface area contributed by atoms with Crippen molar-refractivity contribution in [3.8, 4) is 5.75 Å². The van der Waals surface area contributed by atoms with E-state index in [1.54, 1.807) is 29.2 Å². The van der Waals surface area contributed by atoms with Crippen molar-refractivity contribution >= 4 is 34.8 Å². The Labute approximate surface area is 264 Å². The number of para-hydroxylation sites is 2. The maximum absolute atomic E-state index is 13.5. The fraction of sp³-hybridized carbons (Fsp3) is 0.400. The van der Waals surface area contributed by atoms with Crippen molar-refractivity contribution in [3.63, 3.8) is 0 Å². The van der Waals surface area contributed by atoms with Crippen LogP contribution in [0, 0.1) is 11.8 Å². The smallest absolute Gasteiger partial charge is 0.255 e. The molecule has 3 atom stereocenters. The van der Waals surface area contributed by atoms with Crippen molar-refractivity contribution in [1.29, 1.82) is 0 Å². The molecule has 3 amide bonds. The SMILES string of the molecule is C[C@H](CO)N1C[C@H](C)[C@@H](CN(C)Cc2ccc(C(=O)Nc3ccccc3N)cc2)Oc2ccc(NC(=O)C3CC3)cc2CC1=O. The Morgan fingerprint density at radius 1 is 1.09 bits per heavy atom. The highest BCUT2D eigenvalue weighted by atomic mass is 16.5. The van der Waals surface area contributed by atoms with Crippen molar-refractivity contribution in [2.75, 3.05) is 43.1 Å². The van der Waals surface area contributed by atoms with E-state index in [9.17, 15) is 19.5 Å². The first-order valence-corrected chi connectivity index (χ1v) is 15.6. The molecule has 0 saturated heterocycles. The molecule has 0 bridgehead atoms. The summed E-state index contributed by atoms with van der Waals surface area (Å²) in [6, 6.07) is 19.8. The zero-order chi connectivity index (χ0) is 32.1. The number of amides is 3. The second kappa shape index (κ2) is 14.1. The van der Waals surface area contributed by atoms with E-state index >= 15 is 0 Å². The molecule has 5 rings (SSSR count). The molecule has 0 aromatic heterocycles. The van der Waals surface area contributed by atoms with Gasteiger partial charge in [0.25, 0.3) is 5.91 Å². The minimum absolute atomic E-state index is 0.00321. The second-order valence-electron chi connectivity index (χ2n) is 12.4. The van der Waals surface area contributed by atoms with Crippen LogP contribution in [-0.4, -0.2) is 71.5 Å². The number of carbonyl (C=O) groups is 3. The molecule has 1 aliphatic heterocycles. The third kappa shape index (κ3) is 8.20. The van der Waals surface area contributed by atoms with Crippen LogP contribution in [0.5, 0.6) is 5.75 Å². The lowest BCUT2D eigenvalue weighted by Crippen LogP contribution is -2.47. The van der Waals surface area contributed by atoms with E-state index in [1.165, 1.54) is 0 Å². The van der Waals surface area contributed by atoms with E-state index in [1.807, 2.05) is 56.4 Å². The van der Waals surface area contributed by atoms with Gasteiger partial charge in [0.05, 0.1) is 30.4 Å². The van der Waals surface area contributed by atoms with Crippen LogP contribution in [0.1, 0.15) is 48.2 Å². The molecule has 0 radical (unpaired) electrons. The van der Waals surface area contributed by atoms with Gasteiger partial charge in [0, 0.05) is 48.3 Å². The van der Waals surface area contributed by atoms with E-state index in [-0.39, 0.29) is 54.7 Å². The predicted molar refractivity (Wildman–Crippen MR) is 175 cm³/mol. The molecule has 3 aromatic rings. The van der Waals surface area contributed by atoms with Crippen molar-refractivity contribution in [1.82, 2.24) is 9.80 Å². The third-order valence-electron chi connectivity index (χ3n) is 8.50. The number of hydrogen-bond donors (Lipinski definition) is 4. The number of anilines is 3. The topological polar surface area (TPSA) is 137 Å². The highest BCUT2D eigenvalue weighted by Gasteiger charge is 2.32. The number of ether oxygens (including phenoxy) is 1. The number of benzene rings is 3. The Morgan fingerprint density at radius 3 is 2.51 bits per heavy atom. The molecule has 238 valence electrons. The lowest BCUT2D eigenvalue weighted by Gasteiger charge is -2.34. The average molecular weight is 614 g/mol. The maximum atomic E-state index is 13.5.